The number of hydrogen-bond acceptors (Lipinski definition) is 12. The molecule has 0 spiro atoms. The first-order valence-corrected chi connectivity index (χ1v) is 16.8. The number of cyclic esters (lactones) is 2. The molecule has 4 atom stereocenters. The van der Waals surface area contributed by atoms with Gasteiger partial charge in [0.05, 0.1) is 17.5 Å². The first-order valence-electron chi connectivity index (χ1n) is 13.8. The number of carbonyl (C=O) groups excluding carboxylic acids is 2. The molecule has 51 heavy (non-hydrogen) atoms. The van der Waals surface area contributed by atoms with Crippen LogP contribution < -0.4 is 19.3 Å². The summed E-state index contributed by atoms with van der Waals surface area (Å²) in [5.41, 5.74) is 9.03. The van der Waals surface area contributed by atoms with Crippen LogP contribution >= 0.6 is 31.9 Å². The Morgan fingerprint density at radius 1 is 0.961 bits per heavy atom. The molecule has 0 radical (unpaired) electrons. The van der Waals surface area contributed by atoms with Crippen LogP contribution in [0.4, 0.5) is 26.7 Å². The average molecular weight is 1300 g/mol. The molecule has 2 saturated heterocycles. The summed E-state index contributed by atoms with van der Waals surface area (Å²) in [7, 11) is -4.29. The van der Waals surface area contributed by atoms with Crippen LogP contribution in [0.1, 0.15) is 7.43 Å². The molecule has 3 aromatic rings. The van der Waals surface area contributed by atoms with Crippen LogP contribution in [-0.2, 0) is 23.8 Å². The van der Waals surface area contributed by atoms with Gasteiger partial charge in [0.25, 0.3) is 15.8 Å². The van der Waals surface area contributed by atoms with E-state index in [1.807, 2.05) is 0 Å². The average Bonchev–Trinajstić information content (AvgIpc) is 3.58. The minimum absolute atomic E-state index is 0. The van der Waals surface area contributed by atoms with E-state index in [1.165, 1.54) is 28.0 Å². The van der Waals surface area contributed by atoms with Crippen molar-refractivity contribution in [1.29, 1.82) is 0 Å². The molecule has 0 saturated carbocycles. The number of azide groups is 1. The molecule has 3 aromatic carbocycles. The van der Waals surface area contributed by atoms with E-state index in [2.05, 4.69) is 54.0 Å². The number of rotatable bonds is 7. The van der Waals surface area contributed by atoms with Gasteiger partial charge in [-0.25, -0.2) is 9.59 Å². The summed E-state index contributed by atoms with van der Waals surface area (Å²) in [5.74, 6) is 1.07. The number of fused-ring (bicyclic) bond motifs is 6. The van der Waals surface area contributed by atoms with Crippen LogP contribution in [0, 0.1) is 84.5 Å². The number of non-ortho nitro benzene ring substituents is 1. The second-order valence-electron chi connectivity index (χ2n) is 10.3. The second-order valence-corrected chi connectivity index (χ2v) is 13.6. The Morgan fingerprint density at radius 3 is 2.02 bits per heavy atom. The van der Waals surface area contributed by atoms with Crippen molar-refractivity contribution < 1.29 is 108 Å². The van der Waals surface area contributed by atoms with Crippen LogP contribution in [0.5, 0.6) is 11.5 Å². The molecule has 2 fully saturated rings. The van der Waals surface area contributed by atoms with Gasteiger partial charge < -0.3 is 28.7 Å². The summed E-state index contributed by atoms with van der Waals surface area (Å²) in [6, 6.07) is 16.1. The van der Waals surface area contributed by atoms with Gasteiger partial charge in [0.2, 0.25) is 0 Å². The molecule has 0 aromatic heterocycles. The van der Waals surface area contributed by atoms with Crippen LogP contribution in [0.15, 0.2) is 67.5 Å². The summed E-state index contributed by atoms with van der Waals surface area (Å²) < 4.78 is 53.0. The minimum atomic E-state index is -4.29. The fraction of sp³-hybridized carbons (Fsp3) is 0.310. The van der Waals surface area contributed by atoms with Gasteiger partial charge in [0.15, 0.2) is 6.10 Å². The van der Waals surface area contributed by atoms with Gasteiger partial charge in [-0.2, -0.15) is 20.6 Å². The number of nitro groups is 1. The molecule has 0 unspecified atom stereocenters. The van der Waals surface area contributed by atoms with Crippen molar-refractivity contribution in [2.24, 2.45) is 5.11 Å². The first-order chi connectivity index (χ1) is 23.0. The first kappa shape index (κ1) is 42.9. The molecule has 0 bridgehead atoms. The molecule has 17 nitrogen and oxygen atoms in total. The van der Waals surface area contributed by atoms with E-state index in [4.69, 9.17) is 28.7 Å². The Hall–Kier alpha value is -2.52. The number of nitrogens with zero attached hydrogens (tertiary/aromatic N) is 6. The molecule has 266 valence electrons. The molecular weight excluding hydrogens is 1280 g/mol. The van der Waals surface area contributed by atoms with Gasteiger partial charge >= 0.3 is 12.2 Å². The fourth-order valence-corrected chi connectivity index (χ4v) is 6.89. The number of amides is 2. The van der Waals surface area contributed by atoms with Crippen molar-refractivity contribution >= 4 is 71.2 Å². The van der Waals surface area contributed by atoms with Crippen LogP contribution in [0.25, 0.3) is 10.4 Å². The molecule has 4 aliphatic rings. The molecule has 22 heteroatoms. The Bertz CT molecular complexity index is 1970. The molecule has 0 aliphatic carbocycles. The van der Waals surface area contributed by atoms with E-state index in [-0.39, 0.29) is 99.4 Å². The molecule has 4 heterocycles. The maximum absolute atomic E-state index is 12.4. The van der Waals surface area contributed by atoms with E-state index in [1.54, 1.807) is 24.3 Å². The van der Waals surface area contributed by atoms with Gasteiger partial charge in [0.1, 0.15) is 36.9 Å². The van der Waals surface area contributed by atoms with Gasteiger partial charge in [-0.1, -0.05) is 59.4 Å². The van der Waals surface area contributed by atoms with Crippen molar-refractivity contribution in [1.82, 2.24) is 0 Å². The topological polar surface area (TPSA) is 213 Å². The molecule has 7 rings (SSSR count). The second kappa shape index (κ2) is 18.0. The third-order valence-corrected chi connectivity index (χ3v) is 9.69. The molecular formula is C29H24Br2N6O11SU2-2. The monoisotopic (exact) mass is 1300 g/mol. The SMILES string of the molecule is C.O=C1O[C@@H](COS(=O)(=O)c2cccc([N+](=O)[O-])c2)[C@@H]2COc3cc(Br)[c-]cc3N12.[N-]=[N+]=NC[C@@H]1OC(=O)N2c3c[c-]c(Br)cc3OC[C@@H]12.[U].[U]. The number of hydrogen-bond donors (Lipinski definition) is 0. The fourth-order valence-electron chi connectivity index (χ4n) is 5.29. The maximum atomic E-state index is 12.4. The summed E-state index contributed by atoms with van der Waals surface area (Å²) >= 11 is 6.57. The number of carbonyl (C=O) groups is 2. The van der Waals surface area contributed by atoms with Crippen LogP contribution in [0.3, 0.4) is 0 Å². The van der Waals surface area contributed by atoms with Crippen molar-refractivity contribution in [3.05, 3.63) is 90.2 Å². The number of ether oxygens (including phenoxy) is 4. The van der Waals surface area contributed by atoms with Gasteiger partial charge in [-0.15, -0.1) is 24.3 Å². The Kier molecular flexibility index (Phi) is 15.1. The zero-order valence-electron chi connectivity index (χ0n) is 25.1. The van der Waals surface area contributed by atoms with E-state index >= 15 is 0 Å². The third kappa shape index (κ3) is 9.17. The summed E-state index contributed by atoms with van der Waals surface area (Å²) in [6.07, 6.45) is -2.51. The van der Waals surface area contributed by atoms with Crippen LogP contribution in [0.2, 0.25) is 0 Å². The number of halogens is 2. The van der Waals surface area contributed by atoms with Gasteiger partial charge in [-0.05, 0) is 23.0 Å². The zero-order chi connectivity index (χ0) is 34.2. The Balaban J connectivity index is 0.000000280. The largest absolute Gasteiger partial charge is 0.515 e. The number of nitro benzene ring substituents is 1. The maximum Gasteiger partial charge on any atom is 0.404 e. The smallest absolute Gasteiger partial charge is 0.404 e. The molecule has 2 amide bonds. The van der Waals surface area contributed by atoms with E-state index in [9.17, 15) is 28.1 Å². The normalized spacial score (nSPS) is 20.5. The quantitative estimate of drug-likeness (QED) is 0.0515. The van der Waals surface area contributed by atoms with Gasteiger partial charge in [0, 0.05) is 90.8 Å². The van der Waals surface area contributed by atoms with Crippen molar-refractivity contribution in [3.8, 4) is 11.5 Å². The predicted octanol–water partition coefficient (Wildman–Crippen LogP) is 5.93. The van der Waals surface area contributed by atoms with Crippen LogP contribution in [-0.4, -0.2) is 76.2 Å². The zero-order valence-corrected chi connectivity index (χ0v) is 37.4. The predicted molar refractivity (Wildman–Crippen MR) is 177 cm³/mol. The van der Waals surface area contributed by atoms with Crippen molar-refractivity contribution in [2.75, 3.05) is 36.2 Å². The van der Waals surface area contributed by atoms with Crippen molar-refractivity contribution in [3.63, 3.8) is 0 Å². The number of benzene rings is 3. The van der Waals surface area contributed by atoms with Gasteiger partial charge in [-0.3, -0.25) is 14.3 Å². The molecule has 0 N–H and O–H groups in total. The van der Waals surface area contributed by atoms with E-state index in [0.717, 1.165) is 10.5 Å². The van der Waals surface area contributed by atoms with Crippen molar-refractivity contribution in [2.45, 2.75) is 36.6 Å². The Morgan fingerprint density at radius 2 is 1.49 bits per heavy atom. The Labute approximate surface area is 355 Å². The summed E-state index contributed by atoms with van der Waals surface area (Å²) in [6.45, 7) is 0.0279. The number of anilines is 2. The third-order valence-electron chi connectivity index (χ3n) is 7.50. The van der Waals surface area contributed by atoms with E-state index in [0.29, 0.717) is 34.0 Å². The minimum Gasteiger partial charge on any atom is -0.515 e. The molecule has 4 aliphatic heterocycles. The summed E-state index contributed by atoms with van der Waals surface area (Å²) in [5, 5.41) is 14.3. The summed E-state index contributed by atoms with van der Waals surface area (Å²) in [4.78, 5) is 39.6. The standard InChI is InChI=1S/C17H12BrN2O8S.C11H8BrN4O3.CH4.2U/c18-10-4-5-13-15(6-10)26-8-14-16(28-17(21)19(13)14)9-27-29(24,25)12-3-1-2-11(7-12)20(22)23;12-6-1-2-7-9(3-6)18-5-8-10(4-14-15-13)19-11(17)16(7)8;;;/h1-3,5-7,14,16H,8-9H2;2-3,8,10H,4-5H2;1H4;;/q2*-1;;;/t14-,16-;8-,10-;;;/m00.../s1. The van der Waals surface area contributed by atoms with E-state index < -0.39 is 52.1 Å².